The number of para-hydroxylation sites is 1. The van der Waals surface area contributed by atoms with Gasteiger partial charge in [0.15, 0.2) is 5.60 Å². The fraction of sp³-hybridized carbons (Fsp3) is 0.333. The van der Waals surface area contributed by atoms with Crippen molar-refractivity contribution in [3.8, 4) is 0 Å². The van der Waals surface area contributed by atoms with E-state index in [0.717, 1.165) is 22.5 Å². The minimum atomic E-state index is -4.73. The Balaban J connectivity index is 0.000000343. The lowest BCUT2D eigenvalue weighted by molar-refractivity contribution is -0.258. The minimum Gasteiger partial charge on any atom is -0.388 e. The lowest BCUT2D eigenvalue weighted by atomic mass is 9.95. The highest BCUT2D eigenvalue weighted by Gasteiger charge is 2.51. The van der Waals surface area contributed by atoms with Crippen molar-refractivity contribution in [3.63, 3.8) is 0 Å². The molecule has 0 aliphatic carbocycles. The number of rotatable bonds is 5. The molecule has 0 spiro atoms. The van der Waals surface area contributed by atoms with Crippen molar-refractivity contribution in [1.82, 2.24) is 4.31 Å². The van der Waals surface area contributed by atoms with Crippen molar-refractivity contribution in [1.29, 1.82) is 0 Å². The van der Waals surface area contributed by atoms with Crippen LogP contribution in [0.15, 0.2) is 76.3 Å². The first-order chi connectivity index (χ1) is 16.1. The minimum absolute atomic E-state index is 0.189. The number of hydrogen-bond donors (Lipinski definition) is 2. The molecule has 1 aliphatic rings. The zero-order chi connectivity index (χ0) is 24.8. The van der Waals surface area contributed by atoms with Crippen molar-refractivity contribution in [2.24, 2.45) is 0 Å². The van der Waals surface area contributed by atoms with Gasteiger partial charge in [-0.3, -0.25) is 0 Å². The molecule has 0 bridgehead atoms. The average Bonchev–Trinajstić information content (AvgIpc) is 3.39. The molecule has 2 unspecified atom stereocenters. The smallest absolute Gasteiger partial charge is 0.388 e. The van der Waals surface area contributed by atoms with Crippen LogP contribution in [0.1, 0.15) is 12.5 Å². The number of piperazine rings is 1. The van der Waals surface area contributed by atoms with Crippen LogP contribution in [0.2, 0.25) is 0 Å². The molecule has 4 rings (SSSR count). The third-order valence-electron chi connectivity index (χ3n) is 5.55. The average molecular weight is 512 g/mol. The molecule has 34 heavy (non-hydrogen) atoms. The molecule has 1 saturated heterocycles. The molecule has 2 heterocycles. The quantitative estimate of drug-likeness (QED) is 0.501. The molecule has 1 aromatic heterocycles. The monoisotopic (exact) mass is 511 g/mol. The number of hydrogen-bond acceptors (Lipinski definition) is 5. The van der Waals surface area contributed by atoms with Crippen LogP contribution in [0, 0.1) is 0 Å². The Bertz CT molecular complexity index is 1040. The Labute approximate surface area is 204 Å². The molecule has 2 aromatic carbocycles. The second-order valence-corrected chi connectivity index (χ2v) is 10.5. The molecule has 1 aliphatic heterocycles. The predicted molar refractivity (Wildman–Crippen MR) is 133 cm³/mol. The summed E-state index contributed by atoms with van der Waals surface area (Å²) >= 11 is 1.46. The van der Waals surface area contributed by atoms with Crippen molar-refractivity contribution in [2.75, 3.05) is 43.4 Å². The number of nitrogens with zero attached hydrogens (tertiary/aromatic N) is 2. The van der Waals surface area contributed by atoms with Crippen LogP contribution < -0.4 is 10.2 Å². The second kappa shape index (κ2) is 11.4. The maximum atomic E-state index is 12.9. The van der Waals surface area contributed by atoms with Crippen molar-refractivity contribution < 1.29 is 22.5 Å². The second-order valence-electron chi connectivity index (χ2n) is 7.83. The molecule has 1 fully saturated rings. The van der Waals surface area contributed by atoms with Gasteiger partial charge in [-0.25, -0.2) is 8.51 Å². The molecule has 2 N–H and O–H groups in total. The molecule has 0 amide bonds. The maximum absolute atomic E-state index is 12.9. The number of anilines is 2. The van der Waals surface area contributed by atoms with E-state index >= 15 is 0 Å². The van der Waals surface area contributed by atoms with Crippen LogP contribution >= 0.6 is 11.3 Å². The lowest BCUT2D eigenvalue weighted by Gasteiger charge is -2.35. The summed E-state index contributed by atoms with van der Waals surface area (Å²) in [5.41, 5.74) is -1.12. The van der Waals surface area contributed by atoms with E-state index in [1.165, 1.54) is 23.5 Å². The van der Waals surface area contributed by atoms with Gasteiger partial charge in [0.05, 0.1) is 0 Å². The van der Waals surface area contributed by atoms with Gasteiger partial charge in [-0.2, -0.15) is 13.2 Å². The number of nitrogens with one attached hydrogen (secondary N) is 1. The summed E-state index contributed by atoms with van der Waals surface area (Å²) in [5.74, 6) is 0. The zero-order valence-electron chi connectivity index (χ0n) is 19.0. The zero-order valence-corrected chi connectivity index (χ0v) is 20.6. The van der Waals surface area contributed by atoms with E-state index in [-0.39, 0.29) is 5.56 Å². The maximum Gasteiger partial charge on any atom is 0.421 e. The Morgan fingerprint density at radius 2 is 1.56 bits per heavy atom. The van der Waals surface area contributed by atoms with E-state index in [0.29, 0.717) is 26.2 Å². The molecular weight excluding hydrogens is 483 g/mol. The SMILES string of the molecule is CC(O)(c1ccc(N2CCN(S(=O)c3cccs3)CC2)cc1)C(F)(F)F.CNc1ccccc1. The summed E-state index contributed by atoms with van der Waals surface area (Å²) in [7, 11) is 0.744. The van der Waals surface area contributed by atoms with Crippen LogP contribution in [-0.4, -0.2) is 53.0 Å². The van der Waals surface area contributed by atoms with Gasteiger partial charge in [-0.1, -0.05) is 36.4 Å². The van der Waals surface area contributed by atoms with Crippen molar-refractivity contribution in [3.05, 3.63) is 77.7 Å². The van der Waals surface area contributed by atoms with Gasteiger partial charge >= 0.3 is 6.18 Å². The van der Waals surface area contributed by atoms with Crippen LogP contribution in [0.3, 0.4) is 0 Å². The van der Waals surface area contributed by atoms with Crippen molar-refractivity contribution in [2.45, 2.75) is 22.9 Å². The van der Waals surface area contributed by atoms with Crippen LogP contribution in [-0.2, 0) is 16.6 Å². The van der Waals surface area contributed by atoms with E-state index in [1.54, 1.807) is 12.1 Å². The molecular formula is C24H28F3N3O2S2. The summed E-state index contributed by atoms with van der Waals surface area (Å²) in [5, 5.41) is 14.6. The van der Waals surface area contributed by atoms with E-state index in [2.05, 4.69) is 5.32 Å². The number of thiophene rings is 1. The number of benzene rings is 2. The fourth-order valence-electron chi connectivity index (χ4n) is 3.37. The van der Waals surface area contributed by atoms with Gasteiger partial charge in [0.2, 0.25) is 0 Å². The topological polar surface area (TPSA) is 55.8 Å². The van der Waals surface area contributed by atoms with E-state index < -0.39 is 22.8 Å². The standard InChI is InChI=1S/C17H19F3N2O2S2.C7H9N/c1-16(23,17(18,19)20)13-4-6-14(7-5-13)21-8-10-22(11-9-21)26(24)15-3-2-12-25-15;1-8-7-5-3-2-4-6-7/h2-7,12,23H,8-11H2,1H3;2-6,8H,1H3. The van der Waals surface area contributed by atoms with Crippen LogP contribution in [0.4, 0.5) is 24.5 Å². The fourth-order valence-corrected chi connectivity index (χ4v) is 5.57. The highest BCUT2D eigenvalue weighted by Crippen LogP contribution is 2.39. The molecule has 0 radical (unpaired) electrons. The molecule has 184 valence electrons. The largest absolute Gasteiger partial charge is 0.421 e. The normalized spacial score (nSPS) is 17.3. The third-order valence-corrected chi connectivity index (χ3v) is 8.24. The third kappa shape index (κ3) is 6.38. The van der Waals surface area contributed by atoms with Gasteiger partial charge < -0.3 is 15.3 Å². The summed E-state index contributed by atoms with van der Waals surface area (Å²) in [4.78, 5) is 2.04. The molecule has 10 heteroatoms. The van der Waals surface area contributed by atoms with E-state index in [4.69, 9.17) is 0 Å². The van der Waals surface area contributed by atoms with Gasteiger partial charge in [-0.05, 0) is 48.2 Å². The van der Waals surface area contributed by atoms with Crippen LogP contribution in [0.5, 0.6) is 0 Å². The summed E-state index contributed by atoms with van der Waals surface area (Å²) < 4.78 is 53.9. The van der Waals surface area contributed by atoms with Gasteiger partial charge in [0.25, 0.3) is 0 Å². The molecule has 2 atom stereocenters. The van der Waals surface area contributed by atoms with Crippen LogP contribution in [0.25, 0.3) is 0 Å². The predicted octanol–water partition coefficient (Wildman–Crippen LogP) is 5.09. The Morgan fingerprint density at radius 3 is 2.03 bits per heavy atom. The molecule has 0 saturated carbocycles. The first-order valence-corrected chi connectivity index (χ1v) is 12.7. The molecule has 3 aromatic rings. The lowest BCUT2D eigenvalue weighted by Crippen LogP contribution is -2.46. The Kier molecular flexibility index (Phi) is 8.75. The Hall–Kier alpha value is -2.40. The van der Waals surface area contributed by atoms with Gasteiger partial charge in [0.1, 0.15) is 15.2 Å². The number of halogens is 3. The first-order valence-electron chi connectivity index (χ1n) is 10.7. The highest BCUT2D eigenvalue weighted by atomic mass is 32.2. The summed E-state index contributed by atoms with van der Waals surface area (Å²) in [6, 6.07) is 19.6. The Morgan fingerprint density at radius 1 is 0.941 bits per heavy atom. The molecule has 5 nitrogen and oxygen atoms in total. The van der Waals surface area contributed by atoms with Crippen molar-refractivity contribution >= 4 is 33.7 Å². The highest BCUT2D eigenvalue weighted by molar-refractivity contribution is 7.85. The first kappa shape index (κ1) is 26.2. The number of alkyl halides is 3. The van der Waals surface area contributed by atoms with E-state index in [9.17, 15) is 22.5 Å². The van der Waals surface area contributed by atoms with Gasteiger partial charge in [0, 0.05) is 44.6 Å². The van der Waals surface area contributed by atoms with Gasteiger partial charge in [-0.15, -0.1) is 11.3 Å². The summed E-state index contributed by atoms with van der Waals surface area (Å²) in [6.07, 6.45) is -4.73. The van der Waals surface area contributed by atoms with E-state index in [1.807, 2.05) is 64.1 Å². The summed E-state index contributed by atoms with van der Waals surface area (Å²) in [6.45, 7) is 3.22. The number of aliphatic hydroxyl groups is 1.